The highest BCUT2D eigenvalue weighted by Gasteiger charge is 2.16. The number of rotatable bonds is 6. The number of hydrogen-bond acceptors (Lipinski definition) is 5. The van der Waals surface area contributed by atoms with Crippen LogP contribution in [-0.4, -0.2) is 28.9 Å². The number of ether oxygens (including phenoxy) is 2. The third-order valence-corrected chi connectivity index (χ3v) is 3.26. The molecule has 2 rings (SSSR count). The largest absolute Gasteiger partial charge is 0.493 e. The first-order chi connectivity index (χ1) is 10.1. The first-order valence-electron chi connectivity index (χ1n) is 7.05. The maximum Gasteiger partial charge on any atom is 0.181 e. The van der Waals surface area contributed by atoms with E-state index in [0.717, 1.165) is 5.56 Å². The fraction of sp³-hybridized carbons (Fsp3) is 0.467. The number of nitrogens with one attached hydrogen (secondary N) is 1. The van der Waals surface area contributed by atoms with Crippen LogP contribution in [-0.2, 0) is 0 Å². The second kappa shape index (κ2) is 6.58. The molecule has 0 bridgehead atoms. The van der Waals surface area contributed by atoms with Crippen LogP contribution >= 0.6 is 0 Å². The Morgan fingerprint density at radius 3 is 2.67 bits per heavy atom. The van der Waals surface area contributed by atoms with Crippen molar-refractivity contribution in [3.05, 3.63) is 24.0 Å². The average molecular weight is 290 g/mol. The third-order valence-electron chi connectivity index (χ3n) is 3.26. The van der Waals surface area contributed by atoms with Gasteiger partial charge in [-0.25, -0.2) is 4.98 Å². The summed E-state index contributed by atoms with van der Waals surface area (Å²) in [6.07, 6.45) is 0. The van der Waals surface area contributed by atoms with Crippen molar-refractivity contribution in [3.8, 4) is 22.9 Å². The Bertz CT molecular complexity index is 595. The smallest absolute Gasteiger partial charge is 0.181 e. The summed E-state index contributed by atoms with van der Waals surface area (Å²) in [7, 11) is 1.61. The molecule has 1 atom stereocenters. The molecule has 6 nitrogen and oxygen atoms in total. The molecule has 0 aliphatic carbocycles. The summed E-state index contributed by atoms with van der Waals surface area (Å²) in [5, 5.41) is 7.13. The van der Waals surface area contributed by atoms with Gasteiger partial charge >= 0.3 is 0 Å². The third kappa shape index (κ3) is 3.33. The van der Waals surface area contributed by atoms with Crippen LogP contribution in [0.3, 0.4) is 0 Å². The standard InChI is InChI=1S/C15H22N4O2/c1-5-21-11-7-6-10(8-12(11)20-4)14-17-15(19-18-14)13(16)9(2)3/h6-9,13H,5,16H2,1-4H3,(H,17,18,19)/t13-/m0/s1. The van der Waals surface area contributed by atoms with Gasteiger partial charge in [0.2, 0.25) is 0 Å². The van der Waals surface area contributed by atoms with Gasteiger partial charge in [-0.3, -0.25) is 5.10 Å². The molecule has 1 heterocycles. The van der Waals surface area contributed by atoms with Gasteiger partial charge in [0, 0.05) is 5.56 Å². The maximum absolute atomic E-state index is 6.07. The minimum Gasteiger partial charge on any atom is -0.493 e. The van der Waals surface area contributed by atoms with Gasteiger partial charge in [-0.2, -0.15) is 5.10 Å². The summed E-state index contributed by atoms with van der Waals surface area (Å²) in [4.78, 5) is 4.46. The minimum absolute atomic E-state index is 0.157. The highest BCUT2D eigenvalue weighted by molar-refractivity contribution is 5.60. The molecule has 6 heteroatoms. The zero-order valence-electron chi connectivity index (χ0n) is 12.9. The van der Waals surface area contributed by atoms with Crippen molar-refractivity contribution < 1.29 is 9.47 Å². The molecular formula is C15H22N4O2. The molecule has 0 unspecified atom stereocenters. The Hall–Kier alpha value is -2.08. The van der Waals surface area contributed by atoms with Crippen LogP contribution in [0.1, 0.15) is 32.6 Å². The molecule has 0 saturated carbocycles. The van der Waals surface area contributed by atoms with E-state index < -0.39 is 0 Å². The lowest BCUT2D eigenvalue weighted by Crippen LogP contribution is -2.18. The fourth-order valence-corrected chi connectivity index (χ4v) is 1.95. The quantitative estimate of drug-likeness (QED) is 0.853. The van der Waals surface area contributed by atoms with E-state index in [1.807, 2.05) is 39.0 Å². The highest BCUT2D eigenvalue weighted by atomic mass is 16.5. The summed E-state index contributed by atoms with van der Waals surface area (Å²) in [5.41, 5.74) is 6.93. The summed E-state index contributed by atoms with van der Waals surface area (Å²) in [6, 6.07) is 5.46. The average Bonchev–Trinajstić information content (AvgIpc) is 2.96. The number of methoxy groups -OCH3 is 1. The van der Waals surface area contributed by atoms with Gasteiger partial charge in [-0.1, -0.05) is 13.8 Å². The second-order valence-corrected chi connectivity index (χ2v) is 5.11. The highest BCUT2D eigenvalue weighted by Crippen LogP contribution is 2.31. The molecule has 2 aromatic rings. The Kier molecular flexibility index (Phi) is 4.80. The van der Waals surface area contributed by atoms with Crippen LogP contribution in [0.4, 0.5) is 0 Å². The second-order valence-electron chi connectivity index (χ2n) is 5.11. The minimum atomic E-state index is -0.157. The van der Waals surface area contributed by atoms with E-state index in [2.05, 4.69) is 15.2 Å². The topological polar surface area (TPSA) is 86.0 Å². The molecule has 0 fully saturated rings. The molecule has 0 saturated heterocycles. The molecule has 3 N–H and O–H groups in total. The Morgan fingerprint density at radius 1 is 1.29 bits per heavy atom. The molecule has 114 valence electrons. The van der Waals surface area contributed by atoms with Gasteiger partial charge in [-0.05, 0) is 31.0 Å². The van der Waals surface area contributed by atoms with Crippen LogP contribution in [0.25, 0.3) is 11.4 Å². The summed E-state index contributed by atoms with van der Waals surface area (Å²) < 4.78 is 10.8. The predicted octanol–water partition coefficient (Wildman–Crippen LogP) is 2.53. The monoisotopic (exact) mass is 290 g/mol. The fourth-order valence-electron chi connectivity index (χ4n) is 1.95. The molecule has 21 heavy (non-hydrogen) atoms. The van der Waals surface area contributed by atoms with E-state index in [1.165, 1.54) is 0 Å². The maximum atomic E-state index is 6.07. The molecule has 0 radical (unpaired) electrons. The van der Waals surface area contributed by atoms with Gasteiger partial charge < -0.3 is 15.2 Å². The number of benzene rings is 1. The molecular weight excluding hydrogens is 268 g/mol. The molecule has 0 aliphatic heterocycles. The number of nitrogens with two attached hydrogens (primary N) is 1. The first kappa shape index (κ1) is 15.3. The zero-order valence-corrected chi connectivity index (χ0v) is 12.9. The van der Waals surface area contributed by atoms with E-state index in [4.69, 9.17) is 15.2 Å². The van der Waals surface area contributed by atoms with Crippen molar-refractivity contribution in [1.29, 1.82) is 0 Å². The van der Waals surface area contributed by atoms with Gasteiger partial charge in [-0.15, -0.1) is 0 Å². The van der Waals surface area contributed by atoms with Crippen molar-refractivity contribution in [3.63, 3.8) is 0 Å². The predicted molar refractivity (Wildman–Crippen MR) is 81.3 cm³/mol. The first-order valence-corrected chi connectivity index (χ1v) is 7.05. The van der Waals surface area contributed by atoms with Gasteiger partial charge in [0.15, 0.2) is 17.3 Å². The number of hydrogen-bond donors (Lipinski definition) is 2. The summed E-state index contributed by atoms with van der Waals surface area (Å²) >= 11 is 0. The lowest BCUT2D eigenvalue weighted by Gasteiger charge is -2.11. The van der Waals surface area contributed by atoms with Crippen LogP contribution in [0.5, 0.6) is 11.5 Å². The molecule has 1 aromatic carbocycles. The van der Waals surface area contributed by atoms with Crippen LogP contribution in [0, 0.1) is 5.92 Å². The van der Waals surface area contributed by atoms with E-state index >= 15 is 0 Å². The van der Waals surface area contributed by atoms with Crippen LogP contribution in [0.2, 0.25) is 0 Å². The van der Waals surface area contributed by atoms with Crippen LogP contribution in [0.15, 0.2) is 18.2 Å². The molecule has 0 aliphatic rings. The van der Waals surface area contributed by atoms with E-state index in [-0.39, 0.29) is 6.04 Å². The number of nitrogens with zero attached hydrogens (tertiary/aromatic N) is 2. The zero-order chi connectivity index (χ0) is 15.4. The SMILES string of the molecule is CCOc1ccc(-c2n[nH]c([C@@H](N)C(C)C)n2)cc1OC. The lowest BCUT2D eigenvalue weighted by molar-refractivity contribution is 0.311. The van der Waals surface area contributed by atoms with Crippen molar-refractivity contribution in [1.82, 2.24) is 15.2 Å². The summed E-state index contributed by atoms with van der Waals surface area (Å²) in [5.74, 6) is 2.95. The Labute approximate surface area is 124 Å². The van der Waals surface area contributed by atoms with E-state index in [0.29, 0.717) is 35.7 Å². The Balaban J connectivity index is 2.30. The van der Waals surface area contributed by atoms with Crippen molar-refractivity contribution in [2.45, 2.75) is 26.8 Å². The lowest BCUT2D eigenvalue weighted by atomic mass is 10.1. The molecule has 0 amide bonds. The van der Waals surface area contributed by atoms with Gasteiger partial charge in [0.25, 0.3) is 0 Å². The normalized spacial score (nSPS) is 12.5. The number of H-pyrrole nitrogens is 1. The molecule has 0 spiro atoms. The number of aromatic amines is 1. The summed E-state index contributed by atoms with van der Waals surface area (Å²) in [6.45, 7) is 6.62. The Morgan fingerprint density at radius 2 is 2.05 bits per heavy atom. The van der Waals surface area contributed by atoms with Gasteiger partial charge in [0.1, 0.15) is 5.82 Å². The van der Waals surface area contributed by atoms with Gasteiger partial charge in [0.05, 0.1) is 19.8 Å². The van der Waals surface area contributed by atoms with E-state index in [1.54, 1.807) is 7.11 Å². The van der Waals surface area contributed by atoms with Crippen molar-refractivity contribution >= 4 is 0 Å². The number of aromatic nitrogens is 3. The van der Waals surface area contributed by atoms with Crippen molar-refractivity contribution in [2.24, 2.45) is 11.7 Å². The van der Waals surface area contributed by atoms with Crippen LogP contribution < -0.4 is 15.2 Å². The van der Waals surface area contributed by atoms with Crippen molar-refractivity contribution in [2.75, 3.05) is 13.7 Å². The molecule has 1 aromatic heterocycles. The van der Waals surface area contributed by atoms with E-state index in [9.17, 15) is 0 Å².